The minimum absolute atomic E-state index is 0.293. The highest BCUT2D eigenvalue weighted by Gasteiger charge is 2.42. The molecule has 2 atom stereocenters. The summed E-state index contributed by atoms with van der Waals surface area (Å²) < 4.78 is 6.37. The first-order valence-corrected chi connectivity index (χ1v) is 7.51. The maximum absolute atomic E-state index is 6.37. The molecule has 2 rings (SSSR count). The zero-order valence-corrected chi connectivity index (χ0v) is 11.6. The molecule has 100 valence electrons. The van der Waals surface area contributed by atoms with Crippen LogP contribution >= 0.6 is 0 Å². The highest BCUT2D eigenvalue weighted by atomic mass is 16.5. The Labute approximate surface area is 106 Å². The van der Waals surface area contributed by atoms with Gasteiger partial charge in [-0.1, -0.05) is 26.7 Å². The van der Waals surface area contributed by atoms with Gasteiger partial charge < -0.3 is 10.5 Å². The van der Waals surface area contributed by atoms with Crippen LogP contribution in [-0.4, -0.2) is 18.2 Å². The molecule has 2 nitrogen and oxygen atoms in total. The Balaban J connectivity index is 1.79. The van der Waals surface area contributed by atoms with E-state index in [4.69, 9.17) is 10.5 Å². The van der Waals surface area contributed by atoms with Crippen LogP contribution in [0.25, 0.3) is 0 Å². The van der Waals surface area contributed by atoms with Crippen LogP contribution in [0.5, 0.6) is 0 Å². The van der Waals surface area contributed by atoms with Crippen LogP contribution in [0.2, 0.25) is 0 Å². The maximum atomic E-state index is 6.37. The first-order chi connectivity index (χ1) is 8.13. The number of ether oxygens (including phenoxy) is 1. The normalized spacial score (nSPS) is 29.3. The van der Waals surface area contributed by atoms with E-state index in [1.54, 1.807) is 0 Å². The minimum atomic E-state index is 0.293. The molecular weight excluding hydrogens is 210 g/mol. The number of hydrogen-bond donors (Lipinski definition) is 1. The second-order valence-electron chi connectivity index (χ2n) is 6.64. The molecule has 2 aliphatic rings. The lowest BCUT2D eigenvalue weighted by Crippen LogP contribution is -2.27. The van der Waals surface area contributed by atoms with E-state index in [1.165, 1.54) is 51.4 Å². The molecule has 1 saturated heterocycles. The molecular formula is C15H29NO. The fourth-order valence-corrected chi connectivity index (χ4v) is 3.78. The molecule has 1 spiro atoms. The van der Waals surface area contributed by atoms with Gasteiger partial charge in [0.05, 0.1) is 11.7 Å². The van der Waals surface area contributed by atoms with Gasteiger partial charge in [0.15, 0.2) is 0 Å². The van der Waals surface area contributed by atoms with Gasteiger partial charge in [-0.15, -0.1) is 0 Å². The topological polar surface area (TPSA) is 35.2 Å². The zero-order chi connectivity index (χ0) is 12.3. The van der Waals surface area contributed by atoms with E-state index in [2.05, 4.69) is 13.8 Å². The molecule has 17 heavy (non-hydrogen) atoms. The van der Waals surface area contributed by atoms with Gasteiger partial charge in [0.1, 0.15) is 0 Å². The summed E-state index contributed by atoms with van der Waals surface area (Å²) >= 11 is 0. The lowest BCUT2D eigenvalue weighted by molar-refractivity contribution is -0.0445. The molecule has 1 heterocycles. The molecule has 0 aromatic rings. The third-order valence-electron chi connectivity index (χ3n) is 4.59. The zero-order valence-electron chi connectivity index (χ0n) is 11.6. The van der Waals surface area contributed by atoms with Crippen molar-refractivity contribution in [3.8, 4) is 0 Å². The Kier molecular flexibility index (Phi) is 4.48. The van der Waals surface area contributed by atoms with Crippen molar-refractivity contribution >= 4 is 0 Å². The van der Waals surface area contributed by atoms with E-state index in [0.717, 1.165) is 12.5 Å². The summed E-state index contributed by atoms with van der Waals surface area (Å²) in [7, 11) is 0. The molecule has 0 radical (unpaired) electrons. The van der Waals surface area contributed by atoms with E-state index in [-0.39, 0.29) is 0 Å². The predicted molar refractivity (Wildman–Crippen MR) is 71.9 cm³/mol. The van der Waals surface area contributed by atoms with Crippen molar-refractivity contribution in [2.75, 3.05) is 6.54 Å². The largest absolute Gasteiger partial charge is 0.372 e. The van der Waals surface area contributed by atoms with Gasteiger partial charge in [-0.2, -0.15) is 0 Å². The number of nitrogens with two attached hydrogens (primary N) is 1. The molecule has 2 unspecified atom stereocenters. The standard InChI is InChI=1S/C15H29NO/c1-12(2)9-13(11-16)10-14-5-8-15(17-14)6-3-4-7-15/h12-14H,3-11,16H2,1-2H3. The molecule has 2 fully saturated rings. The quantitative estimate of drug-likeness (QED) is 0.797. The SMILES string of the molecule is CC(C)CC(CN)CC1CCC2(CCCC2)O1. The Hall–Kier alpha value is -0.0800. The summed E-state index contributed by atoms with van der Waals surface area (Å²) in [5.41, 5.74) is 6.18. The van der Waals surface area contributed by atoms with Crippen molar-refractivity contribution in [3.05, 3.63) is 0 Å². The first kappa shape index (κ1) is 13.4. The molecule has 0 bridgehead atoms. The van der Waals surface area contributed by atoms with E-state index in [0.29, 0.717) is 17.6 Å². The smallest absolute Gasteiger partial charge is 0.0687 e. The highest BCUT2D eigenvalue weighted by molar-refractivity contribution is 4.93. The van der Waals surface area contributed by atoms with Crippen molar-refractivity contribution in [2.24, 2.45) is 17.6 Å². The van der Waals surface area contributed by atoms with E-state index in [9.17, 15) is 0 Å². The van der Waals surface area contributed by atoms with Crippen molar-refractivity contribution < 1.29 is 4.74 Å². The second kappa shape index (κ2) is 5.71. The number of hydrogen-bond acceptors (Lipinski definition) is 2. The highest BCUT2D eigenvalue weighted by Crippen LogP contribution is 2.44. The van der Waals surface area contributed by atoms with Crippen LogP contribution in [0.4, 0.5) is 0 Å². The van der Waals surface area contributed by atoms with Crippen molar-refractivity contribution in [3.63, 3.8) is 0 Å². The van der Waals surface area contributed by atoms with Gasteiger partial charge in [-0.3, -0.25) is 0 Å². The Bertz CT molecular complexity index is 233. The van der Waals surface area contributed by atoms with Crippen molar-refractivity contribution in [2.45, 2.75) is 76.9 Å². The summed E-state index contributed by atoms with van der Waals surface area (Å²) in [5.74, 6) is 1.42. The van der Waals surface area contributed by atoms with E-state index >= 15 is 0 Å². The lowest BCUT2D eigenvalue weighted by atomic mass is 9.91. The van der Waals surface area contributed by atoms with Gasteiger partial charge >= 0.3 is 0 Å². The maximum Gasteiger partial charge on any atom is 0.0687 e. The van der Waals surface area contributed by atoms with Crippen molar-refractivity contribution in [1.82, 2.24) is 0 Å². The molecule has 1 aliphatic heterocycles. The molecule has 0 amide bonds. The van der Waals surface area contributed by atoms with Crippen LogP contribution in [0.15, 0.2) is 0 Å². The van der Waals surface area contributed by atoms with Crippen LogP contribution in [0.1, 0.15) is 65.2 Å². The third kappa shape index (κ3) is 3.45. The summed E-state index contributed by atoms with van der Waals surface area (Å²) in [6.45, 7) is 5.40. The molecule has 2 N–H and O–H groups in total. The van der Waals surface area contributed by atoms with Gasteiger partial charge in [0.25, 0.3) is 0 Å². The fraction of sp³-hybridized carbons (Fsp3) is 1.00. The van der Waals surface area contributed by atoms with E-state index < -0.39 is 0 Å². The average Bonchev–Trinajstić information content (AvgIpc) is 2.89. The summed E-state index contributed by atoms with van der Waals surface area (Å²) in [6, 6.07) is 0. The first-order valence-electron chi connectivity index (χ1n) is 7.51. The number of rotatable bonds is 5. The minimum Gasteiger partial charge on any atom is -0.372 e. The predicted octanol–water partition coefficient (Wildman–Crippen LogP) is 3.49. The summed E-state index contributed by atoms with van der Waals surface area (Å²) in [6.07, 6.45) is 10.9. The Morgan fingerprint density at radius 3 is 2.53 bits per heavy atom. The second-order valence-corrected chi connectivity index (χ2v) is 6.64. The van der Waals surface area contributed by atoms with Crippen LogP contribution in [-0.2, 0) is 4.74 Å². The summed E-state index contributed by atoms with van der Waals surface area (Å²) in [4.78, 5) is 0. The third-order valence-corrected chi connectivity index (χ3v) is 4.59. The van der Waals surface area contributed by atoms with Gasteiger partial charge in [0.2, 0.25) is 0 Å². The van der Waals surface area contributed by atoms with Gasteiger partial charge in [0, 0.05) is 0 Å². The molecule has 1 aliphatic carbocycles. The molecule has 2 heteroatoms. The molecule has 0 aromatic carbocycles. The molecule has 1 saturated carbocycles. The monoisotopic (exact) mass is 239 g/mol. The van der Waals surface area contributed by atoms with Gasteiger partial charge in [-0.25, -0.2) is 0 Å². The van der Waals surface area contributed by atoms with Gasteiger partial charge in [-0.05, 0) is 56.9 Å². The van der Waals surface area contributed by atoms with Crippen LogP contribution in [0.3, 0.4) is 0 Å². The summed E-state index contributed by atoms with van der Waals surface area (Å²) in [5, 5.41) is 0. The fourth-order valence-electron chi connectivity index (χ4n) is 3.78. The van der Waals surface area contributed by atoms with Crippen LogP contribution < -0.4 is 5.73 Å². The van der Waals surface area contributed by atoms with E-state index in [1.807, 2.05) is 0 Å². The Morgan fingerprint density at radius 2 is 1.94 bits per heavy atom. The Morgan fingerprint density at radius 1 is 1.24 bits per heavy atom. The lowest BCUT2D eigenvalue weighted by Gasteiger charge is -2.26. The van der Waals surface area contributed by atoms with Crippen molar-refractivity contribution in [1.29, 1.82) is 0 Å². The molecule has 0 aromatic heterocycles. The average molecular weight is 239 g/mol. The van der Waals surface area contributed by atoms with Crippen LogP contribution in [0, 0.1) is 11.8 Å².